The maximum Gasteiger partial charge on any atom is 0.221 e. The van der Waals surface area contributed by atoms with E-state index < -0.39 is 0 Å². The van der Waals surface area contributed by atoms with Crippen LogP contribution in [0.3, 0.4) is 0 Å². The van der Waals surface area contributed by atoms with E-state index in [0.717, 1.165) is 25.1 Å². The van der Waals surface area contributed by atoms with Crippen LogP contribution in [0, 0.1) is 0 Å². The maximum absolute atomic E-state index is 12.6. The van der Waals surface area contributed by atoms with E-state index in [-0.39, 0.29) is 11.6 Å². The smallest absolute Gasteiger partial charge is 0.221 e. The van der Waals surface area contributed by atoms with E-state index >= 15 is 0 Å². The Labute approximate surface area is 244 Å². The Morgan fingerprint density at radius 3 is 1.41 bits per heavy atom. The number of carbonyl (C=O) groups is 1. The van der Waals surface area contributed by atoms with Crippen molar-refractivity contribution in [1.82, 2.24) is 10.6 Å². The second-order valence-corrected chi connectivity index (χ2v) is 12.5. The van der Waals surface area contributed by atoms with Crippen LogP contribution in [0.4, 0.5) is 0 Å². The minimum absolute atomic E-state index is 0.189. The van der Waals surface area contributed by atoms with Crippen molar-refractivity contribution < 1.29 is 4.79 Å². The van der Waals surface area contributed by atoms with Crippen molar-refractivity contribution in [1.29, 1.82) is 0 Å². The van der Waals surface area contributed by atoms with E-state index in [4.69, 9.17) is 4.99 Å². The number of aliphatic imine (C=N–C) groups is 1. The summed E-state index contributed by atoms with van der Waals surface area (Å²) in [5.74, 6) is 1.29. The van der Waals surface area contributed by atoms with E-state index in [1.807, 2.05) is 0 Å². The summed E-state index contributed by atoms with van der Waals surface area (Å²) in [6.07, 6.45) is 36.4. The van der Waals surface area contributed by atoms with Crippen molar-refractivity contribution in [3.8, 4) is 0 Å². The Hall–Kier alpha value is -1.06. The van der Waals surface area contributed by atoms with Crippen molar-refractivity contribution in [2.24, 2.45) is 4.99 Å². The zero-order valence-electron chi connectivity index (χ0n) is 26.9. The van der Waals surface area contributed by atoms with Gasteiger partial charge in [-0.3, -0.25) is 9.79 Å². The zero-order chi connectivity index (χ0) is 28.3. The molecule has 0 saturated carbocycles. The fourth-order valence-electron chi connectivity index (χ4n) is 5.85. The first kappa shape index (κ1) is 36.0. The summed E-state index contributed by atoms with van der Waals surface area (Å²) in [5.41, 5.74) is -0.347. The molecular formula is C35H69N3O. The summed E-state index contributed by atoms with van der Waals surface area (Å²) in [6.45, 7) is 7.41. The fraction of sp³-hybridized carbons (Fsp3) is 0.943. The minimum atomic E-state index is -0.347. The summed E-state index contributed by atoms with van der Waals surface area (Å²) >= 11 is 0. The van der Waals surface area contributed by atoms with Crippen molar-refractivity contribution in [3.63, 3.8) is 0 Å². The summed E-state index contributed by atoms with van der Waals surface area (Å²) < 4.78 is 0. The molecule has 1 amide bonds. The van der Waals surface area contributed by atoms with Gasteiger partial charge in [0.15, 0.2) is 0 Å². The monoisotopic (exact) mass is 548 g/mol. The zero-order valence-corrected chi connectivity index (χ0v) is 26.9. The number of carbonyl (C=O) groups excluding carboxylic acids is 1. The van der Waals surface area contributed by atoms with E-state index in [1.54, 1.807) is 0 Å². The van der Waals surface area contributed by atoms with Crippen LogP contribution in [-0.2, 0) is 4.79 Å². The molecule has 4 nitrogen and oxygen atoms in total. The van der Waals surface area contributed by atoms with Crippen LogP contribution in [0.2, 0.25) is 0 Å². The average Bonchev–Trinajstić information content (AvgIpc) is 3.34. The third kappa shape index (κ3) is 20.5. The lowest BCUT2D eigenvalue weighted by atomic mass is 10.0. The molecule has 0 radical (unpaired) electrons. The van der Waals surface area contributed by atoms with E-state index in [0.29, 0.717) is 13.0 Å². The van der Waals surface area contributed by atoms with Gasteiger partial charge in [0.25, 0.3) is 0 Å². The van der Waals surface area contributed by atoms with Gasteiger partial charge < -0.3 is 10.6 Å². The molecule has 0 spiro atoms. The lowest BCUT2D eigenvalue weighted by molar-refractivity contribution is -0.123. The van der Waals surface area contributed by atoms with Crippen molar-refractivity contribution in [2.75, 3.05) is 6.54 Å². The first-order chi connectivity index (χ1) is 19.2. The molecule has 1 aliphatic heterocycles. The fourth-order valence-corrected chi connectivity index (χ4v) is 5.85. The van der Waals surface area contributed by atoms with Gasteiger partial charge in [-0.15, -0.1) is 0 Å². The van der Waals surface area contributed by atoms with Gasteiger partial charge in [0, 0.05) is 12.8 Å². The van der Waals surface area contributed by atoms with Gasteiger partial charge in [-0.25, -0.2) is 0 Å². The molecule has 230 valence electrons. The van der Waals surface area contributed by atoms with Crippen LogP contribution < -0.4 is 10.6 Å². The van der Waals surface area contributed by atoms with Crippen LogP contribution in [0.1, 0.15) is 201 Å². The number of rotatable bonds is 29. The summed E-state index contributed by atoms with van der Waals surface area (Å²) in [6, 6.07) is 0. The van der Waals surface area contributed by atoms with Gasteiger partial charge in [0.05, 0.1) is 12.4 Å². The second kappa shape index (κ2) is 25.9. The highest BCUT2D eigenvalue weighted by Gasteiger charge is 2.34. The van der Waals surface area contributed by atoms with Crippen LogP contribution in [0.5, 0.6) is 0 Å². The minimum Gasteiger partial charge on any atom is -0.350 e. The molecule has 0 saturated heterocycles. The van der Waals surface area contributed by atoms with E-state index in [1.165, 1.54) is 154 Å². The molecule has 0 bridgehead atoms. The molecule has 1 heterocycles. The quantitative estimate of drug-likeness (QED) is 0.0915. The average molecular weight is 548 g/mol. The predicted molar refractivity (Wildman–Crippen MR) is 173 cm³/mol. The second-order valence-electron chi connectivity index (χ2n) is 12.5. The number of hydrogen-bond acceptors (Lipinski definition) is 3. The Morgan fingerprint density at radius 1 is 0.615 bits per heavy atom. The Morgan fingerprint density at radius 2 is 1.00 bits per heavy atom. The van der Waals surface area contributed by atoms with Gasteiger partial charge >= 0.3 is 0 Å². The molecule has 1 aliphatic rings. The molecule has 0 aromatic rings. The maximum atomic E-state index is 12.6. The van der Waals surface area contributed by atoms with Gasteiger partial charge in [-0.1, -0.05) is 168 Å². The third-order valence-electron chi connectivity index (χ3n) is 8.68. The third-order valence-corrected chi connectivity index (χ3v) is 8.68. The molecule has 0 aromatic carbocycles. The van der Waals surface area contributed by atoms with Crippen molar-refractivity contribution >= 4 is 11.7 Å². The molecule has 2 N–H and O–H groups in total. The van der Waals surface area contributed by atoms with Crippen molar-refractivity contribution in [3.05, 3.63) is 0 Å². The molecular weight excluding hydrogens is 478 g/mol. The number of hydrogen-bond donors (Lipinski definition) is 2. The van der Waals surface area contributed by atoms with Crippen molar-refractivity contribution in [2.45, 2.75) is 206 Å². The van der Waals surface area contributed by atoms with Crippen LogP contribution in [0.15, 0.2) is 4.99 Å². The van der Waals surface area contributed by atoms with Gasteiger partial charge in [0.2, 0.25) is 5.91 Å². The molecule has 0 fully saturated rings. The molecule has 0 aliphatic carbocycles. The number of unbranched alkanes of at least 4 members (excludes halogenated alkanes) is 23. The van der Waals surface area contributed by atoms with Gasteiger partial charge in [-0.2, -0.15) is 0 Å². The highest BCUT2D eigenvalue weighted by atomic mass is 16.1. The number of amides is 1. The summed E-state index contributed by atoms with van der Waals surface area (Å²) in [5, 5.41) is 6.89. The lowest BCUT2D eigenvalue weighted by Crippen LogP contribution is -2.58. The molecule has 4 heteroatoms. The Bertz CT molecular complexity index is 590. The van der Waals surface area contributed by atoms with Gasteiger partial charge in [-0.05, 0) is 19.3 Å². The Balaban J connectivity index is 1.97. The first-order valence-corrected chi connectivity index (χ1v) is 17.8. The van der Waals surface area contributed by atoms with E-state index in [2.05, 4.69) is 31.4 Å². The number of amidine groups is 1. The molecule has 1 atom stereocenters. The SMILES string of the molecule is CCCCCCCCCCCCCCCC(=O)NC1(CC)CN=C(CCCCCCCCCCCCCC)N1. The van der Waals surface area contributed by atoms with Gasteiger partial charge in [0.1, 0.15) is 5.66 Å². The normalized spacial score (nSPS) is 16.8. The number of nitrogens with zero attached hydrogens (tertiary/aromatic N) is 1. The first-order valence-electron chi connectivity index (χ1n) is 17.8. The topological polar surface area (TPSA) is 53.5 Å². The highest BCUT2D eigenvalue weighted by molar-refractivity contribution is 5.86. The van der Waals surface area contributed by atoms with Crippen LogP contribution >= 0.6 is 0 Å². The molecule has 1 unspecified atom stereocenters. The summed E-state index contributed by atoms with van der Waals surface area (Å²) in [4.78, 5) is 17.4. The van der Waals surface area contributed by atoms with E-state index in [9.17, 15) is 4.79 Å². The largest absolute Gasteiger partial charge is 0.350 e. The summed E-state index contributed by atoms with van der Waals surface area (Å²) in [7, 11) is 0. The van der Waals surface area contributed by atoms with Crippen LogP contribution in [0.25, 0.3) is 0 Å². The number of nitrogens with one attached hydrogen (secondary N) is 2. The molecule has 0 aromatic heterocycles. The predicted octanol–water partition coefficient (Wildman–Crippen LogP) is 10.8. The standard InChI is InChI=1S/C35H69N3O/c1-4-7-9-11-13-15-17-19-21-23-25-27-29-31-34(39)38-35(6-3)32-36-33(37-35)30-28-26-24-22-20-18-16-14-12-10-8-5-2/h4-32H2,1-3H3,(H,36,37)(H,38,39). The molecule has 1 rings (SSSR count). The molecule has 39 heavy (non-hydrogen) atoms. The lowest BCUT2D eigenvalue weighted by Gasteiger charge is -2.30. The van der Waals surface area contributed by atoms with Crippen LogP contribution in [-0.4, -0.2) is 24.0 Å². The Kier molecular flexibility index (Phi) is 23.9. The highest BCUT2D eigenvalue weighted by Crippen LogP contribution is 2.18.